The van der Waals surface area contributed by atoms with Gasteiger partial charge < -0.3 is 21.2 Å². The fraction of sp³-hybridized carbons (Fsp3) is 0.444. The molecule has 2 amide bonds. The molecule has 4 N–H and O–H groups in total. The molecular formula is C27H36N6O3. The van der Waals surface area contributed by atoms with E-state index in [1.165, 1.54) is 6.21 Å². The SMILES string of the molecule is CC(C=N[C@H](C(=O)N1CCC[C@H]1C(=O)N[C@@H](CO)c1ccc(-c2ccncc2C)cc1)C(C)C)=NN. The van der Waals surface area contributed by atoms with E-state index in [-0.39, 0.29) is 24.3 Å². The summed E-state index contributed by atoms with van der Waals surface area (Å²) < 4.78 is 0. The summed E-state index contributed by atoms with van der Waals surface area (Å²) in [5.41, 5.74) is 4.48. The molecule has 2 heterocycles. The second kappa shape index (κ2) is 12.4. The Morgan fingerprint density at radius 1 is 1.28 bits per heavy atom. The number of hydrogen-bond acceptors (Lipinski definition) is 7. The molecule has 1 aromatic carbocycles. The average molecular weight is 493 g/mol. The molecule has 9 heteroatoms. The monoisotopic (exact) mass is 492 g/mol. The molecule has 36 heavy (non-hydrogen) atoms. The molecule has 3 rings (SSSR count). The molecule has 0 radical (unpaired) electrons. The van der Waals surface area contributed by atoms with Crippen molar-refractivity contribution in [2.24, 2.45) is 21.9 Å². The highest BCUT2D eigenvalue weighted by Crippen LogP contribution is 2.26. The molecule has 2 aromatic rings. The van der Waals surface area contributed by atoms with E-state index in [0.717, 1.165) is 28.7 Å². The highest BCUT2D eigenvalue weighted by molar-refractivity contribution is 6.29. The lowest BCUT2D eigenvalue weighted by molar-refractivity contribution is -0.140. The molecule has 0 bridgehead atoms. The van der Waals surface area contributed by atoms with Gasteiger partial charge in [0.05, 0.1) is 18.4 Å². The zero-order chi connectivity index (χ0) is 26.2. The number of likely N-dealkylation sites (tertiary alicyclic amines) is 1. The number of nitrogens with two attached hydrogens (primary N) is 1. The van der Waals surface area contributed by atoms with Gasteiger partial charge in [0.2, 0.25) is 11.8 Å². The normalized spacial score (nSPS) is 18.0. The van der Waals surface area contributed by atoms with Crippen molar-refractivity contribution in [1.82, 2.24) is 15.2 Å². The average Bonchev–Trinajstić information content (AvgIpc) is 3.37. The lowest BCUT2D eigenvalue weighted by atomic mass is 9.99. The summed E-state index contributed by atoms with van der Waals surface area (Å²) in [6, 6.07) is 7.88. The molecule has 1 saturated heterocycles. The summed E-state index contributed by atoms with van der Waals surface area (Å²) >= 11 is 0. The van der Waals surface area contributed by atoms with Crippen LogP contribution in [0.2, 0.25) is 0 Å². The molecule has 1 fully saturated rings. The van der Waals surface area contributed by atoms with Crippen molar-refractivity contribution in [3.05, 3.63) is 53.9 Å². The number of nitrogens with one attached hydrogen (secondary N) is 1. The minimum atomic E-state index is -0.632. The van der Waals surface area contributed by atoms with E-state index >= 15 is 0 Å². The summed E-state index contributed by atoms with van der Waals surface area (Å²) in [7, 11) is 0. The zero-order valence-electron chi connectivity index (χ0n) is 21.4. The Bertz CT molecular complexity index is 1110. The maximum absolute atomic E-state index is 13.3. The number of aliphatic hydroxyl groups is 1. The van der Waals surface area contributed by atoms with E-state index in [9.17, 15) is 14.7 Å². The van der Waals surface area contributed by atoms with Gasteiger partial charge in [0, 0.05) is 25.2 Å². The van der Waals surface area contributed by atoms with E-state index < -0.39 is 18.1 Å². The summed E-state index contributed by atoms with van der Waals surface area (Å²) in [5.74, 6) is 4.74. The Morgan fingerprint density at radius 3 is 2.61 bits per heavy atom. The van der Waals surface area contributed by atoms with Crippen molar-refractivity contribution < 1.29 is 14.7 Å². The van der Waals surface area contributed by atoms with Gasteiger partial charge in [-0.3, -0.25) is 19.6 Å². The quantitative estimate of drug-likeness (QED) is 0.281. The topological polar surface area (TPSA) is 133 Å². The van der Waals surface area contributed by atoms with Crippen LogP contribution in [0, 0.1) is 12.8 Å². The zero-order valence-corrected chi connectivity index (χ0v) is 21.4. The van der Waals surface area contributed by atoms with E-state index in [4.69, 9.17) is 5.84 Å². The Kier molecular flexibility index (Phi) is 9.30. The van der Waals surface area contributed by atoms with Crippen LogP contribution in [0.25, 0.3) is 11.1 Å². The van der Waals surface area contributed by atoms with Gasteiger partial charge in [-0.1, -0.05) is 38.1 Å². The lowest BCUT2D eigenvalue weighted by Crippen LogP contribution is -2.50. The predicted octanol–water partition coefficient (Wildman–Crippen LogP) is 2.63. The van der Waals surface area contributed by atoms with Gasteiger partial charge in [-0.25, -0.2) is 0 Å². The number of amides is 2. The van der Waals surface area contributed by atoms with Crippen LogP contribution < -0.4 is 11.2 Å². The van der Waals surface area contributed by atoms with Crippen molar-refractivity contribution in [2.45, 2.75) is 58.7 Å². The number of aryl methyl sites for hydroxylation is 1. The van der Waals surface area contributed by atoms with Gasteiger partial charge in [-0.05, 0) is 60.9 Å². The van der Waals surface area contributed by atoms with Crippen LogP contribution in [0.3, 0.4) is 0 Å². The number of aliphatic imine (C=N–C) groups is 1. The molecule has 9 nitrogen and oxygen atoms in total. The highest BCUT2D eigenvalue weighted by atomic mass is 16.3. The van der Waals surface area contributed by atoms with Crippen LogP contribution in [-0.4, -0.2) is 64.0 Å². The number of carbonyl (C=O) groups is 2. The molecule has 192 valence electrons. The largest absolute Gasteiger partial charge is 0.394 e. The van der Waals surface area contributed by atoms with E-state index in [1.807, 2.05) is 57.3 Å². The van der Waals surface area contributed by atoms with Gasteiger partial charge in [0.25, 0.3) is 0 Å². The fourth-order valence-corrected chi connectivity index (χ4v) is 4.41. The van der Waals surface area contributed by atoms with Crippen LogP contribution in [0.4, 0.5) is 0 Å². The molecule has 0 spiro atoms. The molecular weight excluding hydrogens is 456 g/mol. The van der Waals surface area contributed by atoms with Crippen molar-refractivity contribution in [2.75, 3.05) is 13.2 Å². The fourth-order valence-electron chi connectivity index (χ4n) is 4.41. The van der Waals surface area contributed by atoms with Crippen LogP contribution >= 0.6 is 0 Å². The first kappa shape index (κ1) is 27.0. The summed E-state index contributed by atoms with van der Waals surface area (Å²) in [6.45, 7) is 7.78. The maximum atomic E-state index is 13.3. The maximum Gasteiger partial charge on any atom is 0.248 e. The smallest absolute Gasteiger partial charge is 0.248 e. The molecule has 0 saturated carbocycles. The van der Waals surface area contributed by atoms with Crippen LogP contribution in [0.15, 0.2) is 52.8 Å². The summed E-state index contributed by atoms with van der Waals surface area (Å²) in [4.78, 5) is 36.7. The lowest BCUT2D eigenvalue weighted by Gasteiger charge is -2.29. The minimum Gasteiger partial charge on any atom is -0.394 e. The standard InChI is InChI=1S/C27H36N6O3/c1-17(2)25(30-15-19(4)32-28)27(36)33-13-5-6-24(33)26(35)31-23(16-34)21-9-7-20(8-10-21)22-11-12-29-14-18(22)3/h7-12,14-15,17,23-25,34H,5-6,13,16,28H2,1-4H3,(H,31,35)/t23-,24-,25-/m0/s1. The Hall–Kier alpha value is -3.59. The number of pyridine rings is 1. The Balaban J connectivity index is 1.72. The third-order valence-corrected chi connectivity index (χ3v) is 6.49. The van der Waals surface area contributed by atoms with Gasteiger partial charge in [-0.15, -0.1) is 0 Å². The number of rotatable bonds is 9. The van der Waals surface area contributed by atoms with Crippen LogP contribution in [0.5, 0.6) is 0 Å². The number of benzene rings is 1. The molecule has 0 unspecified atom stereocenters. The van der Waals surface area contributed by atoms with E-state index in [1.54, 1.807) is 18.0 Å². The second-order valence-corrected chi connectivity index (χ2v) is 9.48. The second-order valence-electron chi connectivity index (χ2n) is 9.48. The Morgan fingerprint density at radius 2 is 2.00 bits per heavy atom. The first-order chi connectivity index (χ1) is 17.3. The molecule has 1 aliphatic heterocycles. The first-order valence-electron chi connectivity index (χ1n) is 12.3. The predicted molar refractivity (Wildman–Crippen MR) is 142 cm³/mol. The number of nitrogens with zero attached hydrogens (tertiary/aromatic N) is 4. The molecule has 3 atom stereocenters. The highest BCUT2D eigenvalue weighted by Gasteiger charge is 2.38. The number of hydrazone groups is 1. The number of aliphatic hydroxyl groups excluding tert-OH is 1. The van der Waals surface area contributed by atoms with Gasteiger partial charge >= 0.3 is 0 Å². The number of aromatic nitrogens is 1. The molecule has 1 aromatic heterocycles. The third-order valence-electron chi connectivity index (χ3n) is 6.49. The van der Waals surface area contributed by atoms with Crippen molar-refractivity contribution >= 4 is 23.7 Å². The van der Waals surface area contributed by atoms with E-state index in [2.05, 4.69) is 20.4 Å². The summed E-state index contributed by atoms with van der Waals surface area (Å²) in [5, 5.41) is 16.5. The summed E-state index contributed by atoms with van der Waals surface area (Å²) in [6.07, 6.45) is 6.35. The van der Waals surface area contributed by atoms with Crippen molar-refractivity contribution in [3.8, 4) is 11.1 Å². The third kappa shape index (κ3) is 6.34. The minimum absolute atomic E-state index is 0.0589. The Labute approximate surface area is 212 Å². The van der Waals surface area contributed by atoms with E-state index in [0.29, 0.717) is 18.7 Å². The van der Waals surface area contributed by atoms with Gasteiger partial charge in [0.15, 0.2) is 0 Å². The molecule has 0 aliphatic carbocycles. The first-order valence-corrected chi connectivity index (χ1v) is 12.3. The number of carbonyl (C=O) groups excluding carboxylic acids is 2. The van der Waals surface area contributed by atoms with Gasteiger partial charge in [-0.2, -0.15) is 5.10 Å². The van der Waals surface area contributed by atoms with Crippen LogP contribution in [0.1, 0.15) is 50.8 Å². The number of hydrogen-bond donors (Lipinski definition) is 3. The van der Waals surface area contributed by atoms with Crippen molar-refractivity contribution in [3.63, 3.8) is 0 Å². The van der Waals surface area contributed by atoms with Gasteiger partial charge in [0.1, 0.15) is 12.1 Å². The van der Waals surface area contributed by atoms with Crippen LogP contribution in [-0.2, 0) is 9.59 Å². The van der Waals surface area contributed by atoms with Crippen molar-refractivity contribution in [1.29, 1.82) is 0 Å². The molecule has 1 aliphatic rings.